The van der Waals surface area contributed by atoms with Crippen LogP contribution < -0.4 is 10.5 Å². The summed E-state index contributed by atoms with van der Waals surface area (Å²) in [6, 6.07) is 16.1. The number of nitrogens with zero attached hydrogens (tertiary/aromatic N) is 3. The summed E-state index contributed by atoms with van der Waals surface area (Å²) in [4.78, 5) is 25.2. The quantitative estimate of drug-likeness (QED) is 0.721. The predicted octanol–water partition coefficient (Wildman–Crippen LogP) is 3.11. The lowest BCUT2D eigenvalue weighted by Gasteiger charge is -2.25. The number of benzene rings is 2. The van der Waals surface area contributed by atoms with Crippen LogP contribution >= 0.6 is 0 Å². The predicted molar refractivity (Wildman–Crippen MR) is 120 cm³/mol. The summed E-state index contributed by atoms with van der Waals surface area (Å²) >= 11 is 0. The Bertz CT molecular complexity index is 883. The summed E-state index contributed by atoms with van der Waals surface area (Å²) in [5.74, 6) is 1.34. The third-order valence-corrected chi connectivity index (χ3v) is 5.08. The lowest BCUT2D eigenvalue weighted by molar-refractivity contribution is -0.131. The van der Waals surface area contributed by atoms with Gasteiger partial charge in [-0.25, -0.2) is 0 Å². The fourth-order valence-electron chi connectivity index (χ4n) is 3.14. The fourth-order valence-corrected chi connectivity index (χ4v) is 3.14. The van der Waals surface area contributed by atoms with Crippen LogP contribution in [0.4, 0.5) is 0 Å². The summed E-state index contributed by atoms with van der Waals surface area (Å²) in [6.07, 6.45) is 2.88. The Labute approximate surface area is 184 Å². The van der Waals surface area contributed by atoms with E-state index >= 15 is 0 Å². The van der Waals surface area contributed by atoms with Crippen LogP contribution in [0.2, 0.25) is 0 Å². The molecule has 1 aliphatic rings. The zero-order valence-corrected chi connectivity index (χ0v) is 18.3. The Hall–Kier alpha value is -3.37. The number of ether oxygens (including phenoxy) is 1. The first-order valence-electron chi connectivity index (χ1n) is 10.3. The van der Waals surface area contributed by atoms with Crippen molar-refractivity contribution in [3.63, 3.8) is 0 Å². The normalized spacial score (nSPS) is 14.5. The van der Waals surface area contributed by atoms with Crippen LogP contribution in [0, 0.1) is 11.3 Å². The molecule has 0 spiro atoms. The first-order chi connectivity index (χ1) is 14.8. The van der Waals surface area contributed by atoms with Crippen molar-refractivity contribution in [2.75, 3.05) is 27.2 Å². The molecule has 2 atom stereocenters. The molecule has 2 N–H and O–H groups in total. The Morgan fingerprint density at radius 1 is 1.10 bits per heavy atom. The van der Waals surface area contributed by atoms with Crippen molar-refractivity contribution in [1.29, 1.82) is 5.26 Å². The van der Waals surface area contributed by atoms with Crippen LogP contribution in [0.15, 0.2) is 48.5 Å². The van der Waals surface area contributed by atoms with E-state index in [9.17, 15) is 9.59 Å². The monoisotopic (exact) mass is 422 g/mol. The van der Waals surface area contributed by atoms with E-state index < -0.39 is 6.04 Å². The van der Waals surface area contributed by atoms with E-state index in [4.69, 9.17) is 15.7 Å². The minimum absolute atomic E-state index is 0.0351. The average Bonchev–Trinajstić information content (AvgIpc) is 3.34. The van der Waals surface area contributed by atoms with Crippen LogP contribution in [0.5, 0.6) is 11.5 Å². The molecule has 1 heterocycles. The topological polar surface area (TPSA) is 99.7 Å². The first-order valence-corrected chi connectivity index (χ1v) is 10.3. The van der Waals surface area contributed by atoms with E-state index in [1.54, 1.807) is 38.4 Å². The standard InChI is InChI=1S/C21H23N3O2.C3H7NO/c1-15(20(23)21(25)24-12-2-3-13-24)17-6-10-19(11-7-17)26-18-8-4-16(14-22)5-9-18;1-4(2)3-5/h4-11,15,20H,2-3,12-13,23H2,1H3;3H,1-2H3/t15?,20-;/m0./s1. The molecular formula is C24H30N4O3. The number of hydrogen-bond donors (Lipinski definition) is 1. The number of rotatable bonds is 6. The average molecular weight is 423 g/mol. The molecule has 2 amide bonds. The second kappa shape index (κ2) is 11.7. The van der Waals surface area contributed by atoms with Crippen molar-refractivity contribution < 1.29 is 14.3 Å². The highest BCUT2D eigenvalue weighted by Gasteiger charge is 2.28. The van der Waals surface area contributed by atoms with Gasteiger partial charge >= 0.3 is 0 Å². The molecule has 0 aromatic heterocycles. The number of nitriles is 1. The summed E-state index contributed by atoms with van der Waals surface area (Å²) in [5.41, 5.74) is 7.82. The minimum Gasteiger partial charge on any atom is -0.457 e. The molecular weight excluding hydrogens is 392 g/mol. The molecule has 0 radical (unpaired) electrons. The van der Waals surface area contributed by atoms with Crippen LogP contribution in [0.25, 0.3) is 0 Å². The van der Waals surface area contributed by atoms with Gasteiger partial charge in [0.25, 0.3) is 0 Å². The Kier molecular flexibility index (Phi) is 9.04. The molecule has 1 aliphatic heterocycles. The maximum absolute atomic E-state index is 12.5. The molecule has 2 aromatic rings. The molecule has 1 unspecified atom stereocenters. The Morgan fingerprint density at radius 3 is 2.03 bits per heavy atom. The van der Waals surface area contributed by atoms with Gasteiger partial charge < -0.3 is 20.3 Å². The van der Waals surface area contributed by atoms with Crippen LogP contribution in [0.3, 0.4) is 0 Å². The molecule has 1 saturated heterocycles. The van der Waals surface area contributed by atoms with Crippen molar-refractivity contribution in [2.24, 2.45) is 5.73 Å². The van der Waals surface area contributed by atoms with Gasteiger partial charge in [-0.15, -0.1) is 0 Å². The van der Waals surface area contributed by atoms with Gasteiger partial charge in [-0.2, -0.15) is 5.26 Å². The molecule has 7 nitrogen and oxygen atoms in total. The molecule has 164 valence electrons. The lowest BCUT2D eigenvalue weighted by Crippen LogP contribution is -2.45. The van der Waals surface area contributed by atoms with E-state index in [-0.39, 0.29) is 11.8 Å². The van der Waals surface area contributed by atoms with Gasteiger partial charge in [-0.3, -0.25) is 9.59 Å². The van der Waals surface area contributed by atoms with Gasteiger partial charge in [0.15, 0.2) is 0 Å². The number of carbonyl (C=O) groups excluding carboxylic acids is 2. The van der Waals surface area contributed by atoms with Crippen molar-refractivity contribution in [3.8, 4) is 17.6 Å². The number of hydrogen-bond acceptors (Lipinski definition) is 5. The summed E-state index contributed by atoms with van der Waals surface area (Å²) in [7, 11) is 3.38. The summed E-state index contributed by atoms with van der Waals surface area (Å²) in [6.45, 7) is 3.61. The largest absolute Gasteiger partial charge is 0.457 e. The molecule has 7 heteroatoms. The SMILES string of the molecule is CC(c1ccc(Oc2ccc(C#N)cc2)cc1)[C@H](N)C(=O)N1CCCC1.CN(C)C=O. The van der Waals surface area contributed by atoms with Crippen molar-refractivity contribution in [3.05, 3.63) is 59.7 Å². The highest BCUT2D eigenvalue weighted by molar-refractivity contribution is 5.83. The molecule has 3 rings (SSSR count). The van der Waals surface area contributed by atoms with Gasteiger partial charge in [0.2, 0.25) is 12.3 Å². The van der Waals surface area contributed by atoms with Crippen LogP contribution in [-0.4, -0.2) is 55.3 Å². The highest BCUT2D eigenvalue weighted by Crippen LogP contribution is 2.26. The van der Waals surface area contributed by atoms with Crippen LogP contribution in [-0.2, 0) is 9.59 Å². The van der Waals surface area contributed by atoms with E-state index in [0.717, 1.165) is 37.9 Å². The minimum atomic E-state index is -0.529. The maximum atomic E-state index is 12.5. The molecule has 2 aromatic carbocycles. The Morgan fingerprint density at radius 2 is 1.58 bits per heavy atom. The van der Waals surface area contributed by atoms with Gasteiger partial charge in [0.05, 0.1) is 17.7 Å². The smallest absolute Gasteiger partial charge is 0.240 e. The zero-order chi connectivity index (χ0) is 22.8. The van der Waals surface area contributed by atoms with E-state index in [1.807, 2.05) is 36.1 Å². The Balaban J connectivity index is 0.000000614. The van der Waals surface area contributed by atoms with Gasteiger partial charge in [-0.05, 0) is 54.8 Å². The van der Waals surface area contributed by atoms with Crippen molar-refractivity contribution in [2.45, 2.75) is 31.7 Å². The molecule has 31 heavy (non-hydrogen) atoms. The number of carbonyl (C=O) groups is 2. The zero-order valence-electron chi connectivity index (χ0n) is 18.3. The number of nitrogens with two attached hydrogens (primary N) is 1. The first kappa shape index (κ1) is 23.9. The number of likely N-dealkylation sites (tertiary alicyclic amines) is 1. The fraction of sp³-hybridized carbons (Fsp3) is 0.375. The third kappa shape index (κ3) is 7.12. The van der Waals surface area contributed by atoms with Crippen molar-refractivity contribution >= 4 is 12.3 Å². The van der Waals surface area contributed by atoms with Gasteiger partial charge in [0, 0.05) is 33.1 Å². The third-order valence-electron chi connectivity index (χ3n) is 5.08. The van der Waals surface area contributed by atoms with Crippen LogP contribution in [0.1, 0.15) is 36.8 Å². The number of amides is 2. The second-order valence-corrected chi connectivity index (χ2v) is 7.72. The maximum Gasteiger partial charge on any atom is 0.240 e. The van der Waals surface area contributed by atoms with E-state index in [1.165, 1.54) is 4.90 Å². The second-order valence-electron chi connectivity index (χ2n) is 7.72. The van der Waals surface area contributed by atoms with Gasteiger partial charge in [0.1, 0.15) is 11.5 Å². The molecule has 0 saturated carbocycles. The highest BCUT2D eigenvalue weighted by atomic mass is 16.5. The van der Waals surface area contributed by atoms with E-state index in [2.05, 4.69) is 6.07 Å². The lowest BCUT2D eigenvalue weighted by atomic mass is 9.93. The molecule has 1 fully saturated rings. The molecule has 0 aliphatic carbocycles. The van der Waals surface area contributed by atoms with E-state index in [0.29, 0.717) is 17.1 Å². The molecule has 0 bridgehead atoms. The summed E-state index contributed by atoms with van der Waals surface area (Å²) < 4.78 is 5.79. The summed E-state index contributed by atoms with van der Waals surface area (Å²) in [5, 5.41) is 8.83. The van der Waals surface area contributed by atoms with Crippen molar-refractivity contribution in [1.82, 2.24) is 9.80 Å². The van der Waals surface area contributed by atoms with Gasteiger partial charge in [-0.1, -0.05) is 19.1 Å².